The third-order valence-electron chi connectivity index (χ3n) is 4.15. The molecule has 7 nitrogen and oxygen atoms in total. The number of allylic oxidation sites excluding steroid dienone is 1. The van der Waals surface area contributed by atoms with Gasteiger partial charge in [0.25, 0.3) is 5.00 Å². The van der Waals surface area contributed by atoms with Crippen LogP contribution in [0.4, 0.5) is 14.9 Å². The SMILES string of the molecule is O=C(Nc1ccc(Cl)c(S(=O)(=O)C2(F)COC2)c1O)NC1CCC=C1Cl. The van der Waals surface area contributed by atoms with Crippen molar-refractivity contribution in [1.82, 2.24) is 5.32 Å². The molecule has 1 heterocycles. The largest absolute Gasteiger partial charge is 0.504 e. The maximum Gasteiger partial charge on any atom is 0.319 e. The highest BCUT2D eigenvalue weighted by Crippen LogP contribution is 2.44. The summed E-state index contributed by atoms with van der Waals surface area (Å²) in [5.41, 5.74) is -0.229. The fourth-order valence-electron chi connectivity index (χ4n) is 2.63. The summed E-state index contributed by atoms with van der Waals surface area (Å²) in [6.07, 6.45) is 3.13. The Balaban J connectivity index is 1.86. The van der Waals surface area contributed by atoms with E-state index in [1.54, 1.807) is 6.08 Å². The van der Waals surface area contributed by atoms with Gasteiger partial charge in [0.2, 0.25) is 9.84 Å². The maximum atomic E-state index is 14.4. The van der Waals surface area contributed by atoms with Gasteiger partial charge in [0.05, 0.1) is 30.0 Å². The van der Waals surface area contributed by atoms with Crippen LogP contribution in [0.15, 0.2) is 28.1 Å². The van der Waals surface area contributed by atoms with Crippen LogP contribution in [0.3, 0.4) is 0 Å². The molecule has 3 rings (SSSR count). The van der Waals surface area contributed by atoms with Gasteiger partial charge in [-0.15, -0.1) is 0 Å². The molecule has 1 saturated heterocycles. The number of benzene rings is 1. The highest BCUT2D eigenvalue weighted by atomic mass is 35.5. The van der Waals surface area contributed by atoms with Gasteiger partial charge < -0.3 is 20.5 Å². The van der Waals surface area contributed by atoms with Gasteiger partial charge in [-0.2, -0.15) is 0 Å². The Morgan fingerprint density at radius 3 is 2.58 bits per heavy atom. The van der Waals surface area contributed by atoms with Crippen molar-refractivity contribution in [3.05, 3.63) is 28.3 Å². The zero-order valence-electron chi connectivity index (χ0n) is 13.3. The molecule has 11 heteroatoms. The van der Waals surface area contributed by atoms with Crippen LogP contribution in [-0.2, 0) is 14.6 Å². The van der Waals surface area contributed by atoms with E-state index in [-0.39, 0.29) is 16.8 Å². The van der Waals surface area contributed by atoms with Crippen LogP contribution in [0.2, 0.25) is 5.02 Å². The molecule has 0 saturated carbocycles. The molecule has 0 spiro atoms. The average Bonchev–Trinajstić information content (AvgIpc) is 2.92. The monoisotopic (exact) mass is 424 g/mol. The van der Waals surface area contributed by atoms with Crippen molar-refractivity contribution in [3.63, 3.8) is 0 Å². The summed E-state index contributed by atoms with van der Waals surface area (Å²) in [4.78, 5) is 11.3. The number of sulfone groups is 1. The lowest BCUT2D eigenvalue weighted by Gasteiger charge is -2.33. The minimum atomic E-state index is -4.63. The Morgan fingerprint density at radius 1 is 1.35 bits per heavy atom. The molecule has 1 unspecified atom stereocenters. The molecular formula is C15H15Cl2FN2O5S. The number of hydrogen-bond donors (Lipinski definition) is 3. The van der Waals surface area contributed by atoms with E-state index in [1.165, 1.54) is 6.07 Å². The van der Waals surface area contributed by atoms with Crippen LogP contribution in [0.25, 0.3) is 0 Å². The van der Waals surface area contributed by atoms with Crippen LogP contribution >= 0.6 is 23.2 Å². The Hall–Kier alpha value is -1.55. The molecular weight excluding hydrogens is 410 g/mol. The van der Waals surface area contributed by atoms with E-state index in [0.717, 1.165) is 12.5 Å². The molecule has 1 fully saturated rings. The second-order valence-corrected chi connectivity index (χ2v) is 8.96. The maximum absolute atomic E-state index is 14.4. The number of carbonyl (C=O) groups excluding carboxylic acids is 1. The van der Waals surface area contributed by atoms with E-state index >= 15 is 0 Å². The summed E-state index contributed by atoms with van der Waals surface area (Å²) in [6, 6.07) is 1.29. The molecule has 3 N–H and O–H groups in total. The second-order valence-electron chi connectivity index (χ2n) is 5.97. The number of aromatic hydroxyl groups is 1. The molecule has 1 atom stereocenters. The summed E-state index contributed by atoms with van der Waals surface area (Å²) >= 11 is 11.8. The number of nitrogens with one attached hydrogen (secondary N) is 2. The number of phenolic OH excluding ortho intramolecular Hbond substituents is 1. The van der Waals surface area contributed by atoms with Crippen LogP contribution in [0.5, 0.6) is 5.75 Å². The first kappa shape index (κ1) is 19.2. The molecule has 0 bridgehead atoms. The normalized spacial score (nSPS) is 21.7. The zero-order valence-corrected chi connectivity index (χ0v) is 15.6. The van der Waals surface area contributed by atoms with Crippen molar-refractivity contribution in [2.75, 3.05) is 18.5 Å². The molecule has 1 aromatic carbocycles. The average molecular weight is 425 g/mol. The van der Waals surface area contributed by atoms with Gasteiger partial charge in [-0.25, -0.2) is 17.6 Å². The summed E-state index contributed by atoms with van der Waals surface area (Å²) in [5, 5.41) is 12.7. The van der Waals surface area contributed by atoms with Gasteiger partial charge in [0.1, 0.15) is 4.90 Å². The Bertz CT molecular complexity index is 886. The second kappa shape index (κ2) is 6.88. The van der Waals surface area contributed by atoms with E-state index in [4.69, 9.17) is 23.2 Å². The molecule has 1 aliphatic carbocycles. The van der Waals surface area contributed by atoms with Gasteiger partial charge in [0, 0.05) is 5.03 Å². The molecule has 142 valence electrons. The number of amides is 2. The van der Waals surface area contributed by atoms with Gasteiger partial charge in [-0.3, -0.25) is 0 Å². The predicted molar refractivity (Wildman–Crippen MR) is 94.1 cm³/mol. The lowest BCUT2D eigenvalue weighted by atomic mass is 10.2. The van der Waals surface area contributed by atoms with Gasteiger partial charge in [0.15, 0.2) is 5.75 Å². The van der Waals surface area contributed by atoms with Crippen LogP contribution in [0.1, 0.15) is 12.8 Å². The van der Waals surface area contributed by atoms with Crippen molar-refractivity contribution in [3.8, 4) is 5.75 Å². The van der Waals surface area contributed by atoms with E-state index in [0.29, 0.717) is 11.5 Å². The molecule has 0 aromatic heterocycles. The Kier molecular flexibility index (Phi) is 5.08. The first-order valence-corrected chi connectivity index (χ1v) is 9.85. The zero-order chi connectivity index (χ0) is 19.1. The minimum Gasteiger partial charge on any atom is -0.504 e. The van der Waals surface area contributed by atoms with Crippen molar-refractivity contribution in [2.45, 2.75) is 28.8 Å². The van der Waals surface area contributed by atoms with Gasteiger partial charge >= 0.3 is 6.03 Å². The Labute approximate surface area is 159 Å². The summed E-state index contributed by atoms with van der Waals surface area (Å²) < 4.78 is 44.0. The standard InChI is InChI=1S/C15H15Cl2FN2O5S/c16-8-2-1-3-10(8)19-14(22)20-11-5-4-9(17)13(12(11)21)26(23,24)15(18)6-25-7-15/h2,4-5,10,21H,1,3,6-7H2,(H2,19,20,22). The molecule has 0 radical (unpaired) electrons. The lowest BCUT2D eigenvalue weighted by molar-refractivity contribution is -0.0779. The lowest BCUT2D eigenvalue weighted by Crippen LogP contribution is -2.51. The first-order valence-electron chi connectivity index (χ1n) is 7.61. The molecule has 26 heavy (non-hydrogen) atoms. The van der Waals surface area contributed by atoms with E-state index in [1.807, 2.05) is 0 Å². The topological polar surface area (TPSA) is 105 Å². The van der Waals surface area contributed by atoms with Crippen molar-refractivity contribution in [1.29, 1.82) is 0 Å². The smallest absolute Gasteiger partial charge is 0.319 e. The van der Waals surface area contributed by atoms with Crippen LogP contribution in [-0.4, -0.2) is 43.8 Å². The number of ether oxygens (including phenoxy) is 1. The van der Waals surface area contributed by atoms with Crippen LogP contribution < -0.4 is 10.6 Å². The highest BCUT2D eigenvalue weighted by Gasteiger charge is 2.54. The molecule has 2 aliphatic rings. The van der Waals surface area contributed by atoms with Crippen LogP contribution in [0, 0.1) is 0 Å². The van der Waals surface area contributed by atoms with E-state index < -0.39 is 44.7 Å². The third-order valence-corrected chi connectivity index (χ3v) is 7.14. The summed E-state index contributed by atoms with van der Waals surface area (Å²) in [6.45, 7) is -1.31. The molecule has 1 aromatic rings. The number of urea groups is 1. The number of carbonyl (C=O) groups is 1. The number of alkyl halides is 1. The fourth-order valence-corrected chi connectivity index (χ4v) is 4.89. The first-order chi connectivity index (χ1) is 12.2. The third kappa shape index (κ3) is 3.24. The van der Waals surface area contributed by atoms with Gasteiger partial charge in [-0.05, 0) is 25.0 Å². The quantitative estimate of drug-likeness (QED) is 0.644. The minimum absolute atomic E-state index is 0.229. The number of rotatable bonds is 4. The number of anilines is 1. The molecule has 1 aliphatic heterocycles. The number of phenols is 1. The van der Waals surface area contributed by atoms with Gasteiger partial charge in [-0.1, -0.05) is 29.3 Å². The highest BCUT2D eigenvalue weighted by molar-refractivity contribution is 7.93. The van der Waals surface area contributed by atoms with E-state index in [9.17, 15) is 22.7 Å². The molecule has 2 amide bonds. The fraction of sp³-hybridized carbons (Fsp3) is 0.400. The summed E-state index contributed by atoms with van der Waals surface area (Å²) in [7, 11) is -4.63. The van der Waals surface area contributed by atoms with Crippen molar-refractivity contribution >= 4 is 44.8 Å². The number of halogens is 3. The predicted octanol–water partition coefficient (Wildman–Crippen LogP) is 2.92. The van der Waals surface area contributed by atoms with Crippen molar-refractivity contribution in [2.24, 2.45) is 0 Å². The summed E-state index contributed by atoms with van der Waals surface area (Å²) in [5.74, 6) is -0.843. The van der Waals surface area contributed by atoms with Crippen molar-refractivity contribution < 1.29 is 27.4 Å². The van der Waals surface area contributed by atoms with E-state index in [2.05, 4.69) is 15.4 Å². The number of hydrogen-bond acceptors (Lipinski definition) is 5. The Morgan fingerprint density at radius 2 is 2.04 bits per heavy atom.